The topological polar surface area (TPSA) is 78.9 Å². The highest BCUT2D eigenvalue weighted by atomic mass is 32.2. The van der Waals surface area contributed by atoms with Crippen LogP contribution in [0.5, 0.6) is 5.75 Å². The second-order valence-electron chi connectivity index (χ2n) is 8.61. The molecule has 1 heterocycles. The number of carbonyl (C=O) groups is 1. The number of amides is 1. The zero-order chi connectivity index (χ0) is 23.8. The van der Waals surface area contributed by atoms with Gasteiger partial charge in [-0.05, 0) is 67.7 Å². The number of benzene rings is 2. The average molecular weight is 474 g/mol. The lowest BCUT2D eigenvalue weighted by atomic mass is 10.1. The van der Waals surface area contributed by atoms with Gasteiger partial charge in [0.05, 0.1) is 11.9 Å². The van der Waals surface area contributed by atoms with E-state index in [-0.39, 0.29) is 5.91 Å². The molecule has 0 saturated carbocycles. The van der Waals surface area contributed by atoms with E-state index in [0.717, 1.165) is 31.5 Å². The highest BCUT2D eigenvalue weighted by Crippen LogP contribution is 2.21. The molecule has 0 radical (unpaired) electrons. The molecular formula is C25H35N3O4S. The maximum atomic E-state index is 12.7. The molecule has 1 amide bonds. The number of hydrogen-bond donors (Lipinski definition) is 1. The lowest BCUT2D eigenvalue weighted by Crippen LogP contribution is -2.37. The van der Waals surface area contributed by atoms with Crippen LogP contribution in [0, 0.1) is 0 Å². The molecule has 3 rings (SSSR count). The molecule has 1 atom stereocenters. The van der Waals surface area contributed by atoms with Crippen molar-refractivity contribution in [1.82, 2.24) is 10.2 Å². The number of piperidine rings is 1. The van der Waals surface area contributed by atoms with Crippen LogP contribution in [-0.4, -0.2) is 51.7 Å². The number of nitrogens with zero attached hydrogens (tertiary/aromatic N) is 2. The van der Waals surface area contributed by atoms with Gasteiger partial charge in [0.15, 0.2) is 6.10 Å². The van der Waals surface area contributed by atoms with Crippen molar-refractivity contribution in [2.45, 2.75) is 51.8 Å². The van der Waals surface area contributed by atoms with Crippen molar-refractivity contribution in [3.05, 3.63) is 59.7 Å². The smallest absolute Gasteiger partial charge is 0.261 e. The second-order valence-corrected chi connectivity index (χ2v) is 10.6. The van der Waals surface area contributed by atoms with Crippen LogP contribution in [0.15, 0.2) is 48.5 Å². The van der Waals surface area contributed by atoms with Crippen molar-refractivity contribution in [3.63, 3.8) is 0 Å². The predicted octanol–water partition coefficient (Wildman–Crippen LogP) is 3.54. The van der Waals surface area contributed by atoms with Crippen LogP contribution >= 0.6 is 0 Å². The zero-order valence-corrected chi connectivity index (χ0v) is 20.6. The van der Waals surface area contributed by atoms with Gasteiger partial charge in [-0.3, -0.25) is 14.0 Å². The summed E-state index contributed by atoms with van der Waals surface area (Å²) in [5.74, 6) is 0.349. The number of hydrogen-bond acceptors (Lipinski definition) is 5. The van der Waals surface area contributed by atoms with Gasteiger partial charge in [0.2, 0.25) is 10.0 Å². The molecule has 8 heteroatoms. The van der Waals surface area contributed by atoms with E-state index in [4.69, 9.17) is 4.74 Å². The molecule has 0 unspecified atom stereocenters. The molecule has 1 aliphatic rings. The minimum atomic E-state index is -3.33. The number of ether oxygens (including phenoxy) is 1. The van der Waals surface area contributed by atoms with Gasteiger partial charge in [-0.15, -0.1) is 0 Å². The summed E-state index contributed by atoms with van der Waals surface area (Å²) in [5, 5.41) is 2.99. The van der Waals surface area contributed by atoms with Gasteiger partial charge in [-0.2, -0.15) is 0 Å². The minimum absolute atomic E-state index is 0.170. The second kappa shape index (κ2) is 11.5. The molecule has 2 aromatic carbocycles. The number of sulfonamides is 1. The van der Waals surface area contributed by atoms with Gasteiger partial charge in [0, 0.05) is 20.1 Å². The zero-order valence-electron chi connectivity index (χ0n) is 19.8. The average Bonchev–Trinajstić information content (AvgIpc) is 2.81. The molecule has 1 N–H and O–H groups in total. The highest BCUT2D eigenvalue weighted by Gasteiger charge is 2.19. The first kappa shape index (κ1) is 25.1. The van der Waals surface area contributed by atoms with Crippen molar-refractivity contribution in [3.8, 4) is 5.75 Å². The standard InChI is InChI=1S/C25H35N3O4S/c1-4-24(32-23-13-11-22(12-14-23)27(2)33(3,30)31)25(29)26-18-20-9-8-10-21(17-20)19-28-15-6-5-7-16-28/h8-14,17,24H,4-7,15-16,18-19H2,1-3H3,(H,26,29)/t24-/m1/s1. The molecule has 2 aromatic rings. The largest absolute Gasteiger partial charge is 0.481 e. The SMILES string of the molecule is CC[C@@H](Oc1ccc(N(C)S(C)(=O)=O)cc1)C(=O)NCc1cccc(CN2CCCCC2)c1. The van der Waals surface area contributed by atoms with Gasteiger partial charge in [0.1, 0.15) is 5.75 Å². The van der Waals surface area contributed by atoms with Crippen molar-refractivity contribution < 1.29 is 17.9 Å². The third-order valence-electron chi connectivity index (χ3n) is 5.95. The van der Waals surface area contributed by atoms with Crippen molar-refractivity contribution in [2.24, 2.45) is 0 Å². The number of anilines is 1. The maximum absolute atomic E-state index is 12.7. The molecule has 1 fully saturated rings. The number of likely N-dealkylation sites (tertiary alicyclic amines) is 1. The van der Waals surface area contributed by atoms with E-state index in [2.05, 4.69) is 22.3 Å². The van der Waals surface area contributed by atoms with Crippen LogP contribution in [0.25, 0.3) is 0 Å². The summed E-state index contributed by atoms with van der Waals surface area (Å²) >= 11 is 0. The monoisotopic (exact) mass is 473 g/mol. The number of nitrogens with one attached hydrogen (secondary N) is 1. The van der Waals surface area contributed by atoms with Crippen LogP contribution in [0.3, 0.4) is 0 Å². The van der Waals surface area contributed by atoms with Gasteiger partial charge in [0.25, 0.3) is 5.91 Å². The van der Waals surface area contributed by atoms with Crippen LogP contribution in [0.1, 0.15) is 43.7 Å². The van der Waals surface area contributed by atoms with Gasteiger partial charge >= 0.3 is 0 Å². The minimum Gasteiger partial charge on any atom is -0.481 e. The summed E-state index contributed by atoms with van der Waals surface area (Å²) in [6, 6.07) is 15.1. The van der Waals surface area contributed by atoms with E-state index in [1.807, 2.05) is 19.1 Å². The molecular weight excluding hydrogens is 438 g/mol. The van der Waals surface area contributed by atoms with Crippen molar-refractivity contribution >= 4 is 21.6 Å². The van der Waals surface area contributed by atoms with E-state index in [1.165, 1.54) is 36.2 Å². The highest BCUT2D eigenvalue weighted by molar-refractivity contribution is 7.92. The Morgan fingerprint density at radius 2 is 1.76 bits per heavy atom. The number of rotatable bonds is 10. The fourth-order valence-corrected chi connectivity index (χ4v) is 4.43. The summed E-state index contributed by atoms with van der Waals surface area (Å²) in [4.78, 5) is 15.2. The van der Waals surface area contributed by atoms with Crippen molar-refractivity contribution in [2.75, 3.05) is 30.7 Å². The summed E-state index contributed by atoms with van der Waals surface area (Å²) in [6.07, 6.45) is 4.91. The first-order valence-corrected chi connectivity index (χ1v) is 13.4. The Labute approximate surface area is 197 Å². The van der Waals surface area contributed by atoms with Gasteiger partial charge in [-0.25, -0.2) is 8.42 Å². The molecule has 1 saturated heterocycles. The normalized spacial score (nSPS) is 15.6. The Bertz CT molecular complexity index is 1020. The molecule has 0 aliphatic carbocycles. The molecule has 0 bridgehead atoms. The number of carbonyl (C=O) groups excluding carboxylic acids is 1. The van der Waals surface area contributed by atoms with Gasteiger partial charge < -0.3 is 10.1 Å². The lowest BCUT2D eigenvalue weighted by molar-refractivity contribution is -0.128. The third-order valence-corrected chi connectivity index (χ3v) is 7.16. The fourth-order valence-electron chi connectivity index (χ4n) is 3.93. The third kappa shape index (κ3) is 7.47. The Kier molecular flexibility index (Phi) is 8.74. The van der Waals surface area contributed by atoms with Crippen LogP contribution < -0.4 is 14.4 Å². The summed E-state index contributed by atoms with van der Waals surface area (Å²) in [6.45, 7) is 5.61. The fraction of sp³-hybridized carbons (Fsp3) is 0.480. The first-order valence-electron chi connectivity index (χ1n) is 11.5. The molecule has 1 aliphatic heterocycles. The Morgan fingerprint density at radius 1 is 1.09 bits per heavy atom. The Morgan fingerprint density at radius 3 is 2.39 bits per heavy atom. The maximum Gasteiger partial charge on any atom is 0.261 e. The molecule has 0 aromatic heterocycles. The van der Waals surface area contributed by atoms with Crippen LogP contribution in [-0.2, 0) is 27.9 Å². The van der Waals surface area contributed by atoms with Crippen molar-refractivity contribution in [1.29, 1.82) is 0 Å². The lowest BCUT2D eigenvalue weighted by Gasteiger charge is -2.26. The van der Waals surface area contributed by atoms with E-state index in [1.54, 1.807) is 24.3 Å². The summed E-state index contributed by atoms with van der Waals surface area (Å²) in [7, 11) is -1.83. The summed E-state index contributed by atoms with van der Waals surface area (Å²) < 4.78 is 30.4. The Hall–Kier alpha value is -2.58. The predicted molar refractivity (Wildman–Crippen MR) is 132 cm³/mol. The Balaban J connectivity index is 1.54. The van der Waals surface area contributed by atoms with E-state index in [9.17, 15) is 13.2 Å². The molecule has 7 nitrogen and oxygen atoms in total. The molecule has 33 heavy (non-hydrogen) atoms. The van der Waals surface area contributed by atoms with E-state index >= 15 is 0 Å². The quantitative estimate of drug-likeness (QED) is 0.571. The molecule has 180 valence electrons. The van der Waals surface area contributed by atoms with Gasteiger partial charge in [-0.1, -0.05) is 37.6 Å². The van der Waals surface area contributed by atoms with Crippen LogP contribution in [0.4, 0.5) is 5.69 Å². The van der Waals surface area contributed by atoms with E-state index in [0.29, 0.717) is 24.4 Å². The summed E-state index contributed by atoms with van der Waals surface area (Å²) in [5.41, 5.74) is 2.87. The molecule has 0 spiro atoms. The first-order chi connectivity index (χ1) is 15.8. The van der Waals surface area contributed by atoms with E-state index < -0.39 is 16.1 Å². The van der Waals surface area contributed by atoms with Crippen LogP contribution in [0.2, 0.25) is 0 Å².